The Labute approximate surface area is 114 Å². The number of nitrogens with one attached hydrogen (secondary N) is 1. The van der Waals surface area contributed by atoms with E-state index in [0.717, 1.165) is 32.2 Å². The second-order valence-corrected chi connectivity index (χ2v) is 5.93. The normalized spacial score (nSPS) is 24.9. The van der Waals surface area contributed by atoms with Crippen LogP contribution in [-0.2, 0) is 9.59 Å². The highest BCUT2D eigenvalue weighted by molar-refractivity contribution is 5.83. The summed E-state index contributed by atoms with van der Waals surface area (Å²) in [6, 6.07) is 0. The van der Waals surface area contributed by atoms with Gasteiger partial charge in [0.05, 0.1) is 5.92 Å². The zero-order valence-corrected chi connectivity index (χ0v) is 11.6. The van der Waals surface area contributed by atoms with Gasteiger partial charge in [0.25, 0.3) is 0 Å². The molecule has 0 radical (unpaired) electrons. The lowest BCUT2D eigenvalue weighted by Gasteiger charge is -2.32. The first kappa shape index (κ1) is 14.3. The third kappa shape index (κ3) is 3.93. The quantitative estimate of drug-likeness (QED) is 0.757. The summed E-state index contributed by atoms with van der Waals surface area (Å²) in [5.74, 6) is 0.491. The fraction of sp³-hybridized carbons (Fsp3) is 0.857. The molecular formula is C14H24N2O3. The van der Waals surface area contributed by atoms with E-state index >= 15 is 0 Å². The van der Waals surface area contributed by atoms with Crippen molar-refractivity contribution in [1.82, 2.24) is 10.2 Å². The number of rotatable bonds is 5. The molecule has 2 rings (SSSR count). The number of aliphatic hydroxyl groups excluding tert-OH is 1. The number of piperidine rings is 1. The fourth-order valence-corrected chi connectivity index (χ4v) is 2.46. The average Bonchev–Trinajstić information content (AvgIpc) is 3.28. The smallest absolute Gasteiger partial charge is 0.225 e. The summed E-state index contributed by atoms with van der Waals surface area (Å²) in [6.45, 7) is 3.84. The molecule has 0 aromatic carbocycles. The van der Waals surface area contributed by atoms with Crippen LogP contribution in [0.4, 0.5) is 0 Å². The number of likely N-dealkylation sites (tertiary alicyclic amines) is 1. The van der Waals surface area contributed by atoms with Crippen molar-refractivity contribution in [3.05, 3.63) is 0 Å². The highest BCUT2D eigenvalue weighted by atomic mass is 16.3. The van der Waals surface area contributed by atoms with Gasteiger partial charge in [-0.25, -0.2) is 0 Å². The molecule has 2 amide bonds. The molecule has 19 heavy (non-hydrogen) atoms. The van der Waals surface area contributed by atoms with Crippen LogP contribution in [0.15, 0.2) is 0 Å². The second kappa shape index (κ2) is 6.37. The SMILES string of the molecule is CC(CO)CNC(=O)C1CCCN(C(=O)C2CC2)C1. The van der Waals surface area contributed by atoms with Crippen molar-refractivity contribution in [3.8, 4) is 0 Å². The summed E-state index contributed by atoms with van der Waals surface area (Å²) in [6.07, 6.45) is 3.79. The van der Waals surface area contributed by atoms with Crippen LogP contribution in [0.3, 0.4) is 0 Å². The summed E-state index contributed by atoms with van der Waals surface area (Å²) >= 11 is 0. The first-order valence-electron chi connectivity index (χ1n) is 7.29. The Balaban J connectivity index is 1.79. The Morgan fingerprint density at radius 2 is 2.05 bits per heavy atom. The second-order valence-electron chi connectivity index (χ2n) is 5.93. The molecule has 2 fully saturated rings. The highest BCUT2D eigenvalue weighted by Gasteiger charge is 2.36. The van der Waals surface area contributed by atoms with Crippen LogP contribution in [0.1, 0.15) is 32.6 Å². The number of hydrogen-bond acceptors (Lipinski definition) is 3. The summed E-state index contributed by atoms with van der Waals surface area (Å²) in [5.41, 5.74) is 0. The monoisotopic (exact) mass is 268 g/mol. The van der Waals surface area contributed by atoms with Crippen molar-refractivity contribution < 1.29 is 14.7 Å². The molecule has 2 unspecified atom stereocenters. The zero-order chi connectivity index (χ0) is 13.8. The molecule has 1 heterocycles. The largest absolute Gasteiger partial charge is 0.396 e. The predicted molar refractivity (Wildman–Crippen MR) is 71.3 cm³/mol. The highest BCUT2D eigenvalue weighted by Crippen LogP contribution is 2.32. The Morgan fingerprint density at radius 1 is 1.32 bits per heavy atom. The van der Waals surface area contributed by atoms with E-state index < -0.39 is 0 Å². The molecule has 0 aromatic heterocycles. The van der Waals surface area contributed by atoms with Crippen LogP contribution in [0.25, 0.3) is 0 Å². The Kier molecular flexibility index (Phi) is 4.80. The number of hydrogen-bond donors (Lipinski definition) is 2. The predicted octanol–water partition coefficient (Wildman–Crippen LogP) is 0.380. The van der Waals surface area contributed by atoms with Gasteiger partial charge >= 0.3 is 0 Å². The van der Waals surface area contributed by atoms with Gasteiger partial charge < -0.3 is 15.3 Å². The van der Waals surface area contributed by atoms with E-state index in [0.29, 0.717) is 13.1 Å². The summed E-state index contributed by atoms with van der Waals surface area (Å²) in [7, 11) is 0. The van der Waals surface area contributed by atoms with E-state index in [1.54, 1.807) is 0 Å². The molecule has 0 spiro atoms. The number of carbonyl (C=O) groups is 2. The van der Waals surface area contributed by atoms with Crippen molar-refractivity contribution in [2.45, 2.75) is 32.6 Å². The lowest BCUT2D eigenvalue weighted by atomic mass is 9.96. The zero-order valence-electron chi connectivity index (χ0n) is 11.6. The van der Waals surface area contributed by atoms with Crippen LogP contribution in [-0.4, -0.2) is 48.1 Å². The molecule has 5 heteroatoms. The van der Waals surface area contributed by atoms with Crippen molar-refractivity contribution in [2.75, 3.05) is 26.2 Å². The van der Waals surface area contributed by atoms with Gasteiger partial charge in [0.15, 0.2) is 0 Å². The molecule has 108 valence electrons. The van der Waals surface area contributed by atoms with Gasteiger partial charge in [0.1, 0.15) is 0 Å². The number of amides is 2. The van der Waals surface area contributed by atoms with Gasteiger partial charge in [-0.3, -0.25) is 9.59 Å². The molecular weight excluding hydrogens is 244 g/mol. The van der Waals surface area contributed by atoms with E-state index in [-0.39, 0.29) is 36.2 Å². The van der Waals surface area contributed by atoms with Crippen molar-refractivity contribution in [1.29, 1.82) is 0 Å². The third-order valence-electron chi connectivity index (χ3n) is 3.97. The molecule has 2 atom stereocenters. The minimum Gasteiger partial charge on any atom is -0.396 e. The van der Waals surface area contributed by atoms with Crippen LogP contribution in [0, 0.1) is 17.8 Å². The van der Waals surface area contributed by atoms with Crippen molar-refractivity contribution >= 4 is 11.8 Å². The van der Waals surface area contributed by atoms with Gasteiger partial charge in [0, 0.05) is 32.2 Å². The Hall–Kier alpha value is -1.10. The number of nitrogens with zero attached hydrogens (tertiary/aromatic N) is 1. The molecule has 1 saturated heterocycles. The van der Waals surface area contributed by atoms with Gasteiger partial charge in [0.2, 0.25) is 11.8 Å². The van der Waals surface area contributed by atoms with E-state index in [2.05, 4.69) is 5.32 Å². The lowest BCUT2D eigenvalue weighted by molar-refractivity contribution is -0.136. The summed E-state index contributed by atoms with van der Waals surface area (Å²) in [4.78, 5) is 25.9. The van der Waals surface area contributed by atoms with E-state index in [9.17, 15) is 9.59 Å². The van der Waals surface area contributed by atoms with Gasteiger partial charge in [-0.2, -0.15) is 0 Å². The first-order chi connectivity index (χ1) is 9.11. The number of carbonyl (C=O) groups excluding carboxylic acids is 2. The average molecular weight is 268 g/mol. The molecule has 1 aliphatic carbocycles. The molecule has 1 aliphatic heterocycles. The van der Waals surface area contributed by atoms with Crippen LogP contribution in [0.2, 0.25) is 0 Å². The molecule has 5 nitrogen and oxygen atoms in total. The molecule has 2 aliphatic rings. The standard InChI is InChI=1S/C14H24N2O3/c1-10(9-17)7-15-13(18)12-3-2-6-16(8-12)14(19)11-4-5-11/h10-12,17H,2-9H2,1H3,(H,15,18). The van der Waals surface area contributed by atoms with Crippen LogP contribution in [0.5, 0.6) is 0 Å². The fourth-order valence-electron chi connectivity index (χ4n) is 2.46. The lowest BCUT2D eigenvalue weighted by Crippen LogP contribution is -2.46. The van der Waals surface area contributed by atoms with Crippen molar-refractivity contribution in [3.63, 3.8) is 0 Å². The Bertz CT molecular complexity index is 342. The van der Waals surface area contributed by atoms with Gasteiger partial charge in [-0.05, 0) is 31.6 Å². The minimum absolute atomic E-state index is 0.0218. The maximum atomic E-state index is 12.0. The molecule has 0 aromatic rings. The molecule has 1 saturated carbocycles. The van der Waals surface area contributed by atoms with E-state index in [1.165, 1.54) is 0 Å². The maximum Gasteiger partial charge on any atom is 0.225 e. The van der Waals surface area contributed by atoms with E-state index in [1.807, 2.05) is 11.8 Å². The van der Waals surface area contributed by atoms with E-state index in [4.69, 9.17) is 5.11 Å². The first-order valence-corrected chi connectivity index (χ1v) is 7.29. The van der Waals surface area contributed by atoms with Crippen LogP contribution >= 0.6 is 0 Å². The number of aliphatic hydroxyl groups is 1. The third-order valence-corrected chi connectivity index (χ3v) is 3.97. The minimum atomic E-state index is -0.0812. The Morgan fingerprint density at radius 3 is 2.68 bits per heavy atom. The summed E-state index contributed by atoms with van der Waals surface area (Å²) < 4.78 is 0. The molecule has 0 bridgehead atoms. The molecule has 2 N–H and O–H groups in total. The maximum absolute atomic E-state index is 12.0. The van der Waals surface area contributed by atoms with Gasteiger partial charge in [-0.1, -0.05) is 6.92 Å². The van der Waals surface area contributed by atoms with Gasteiger partial charge in [-0.15, -0.1) is 0 Å². The van der Waals surface area contributed by atoms with Crippen molar-refractivity contribution in [2.24, 2.45) is 17.8 Å². The van der Waals surface area contributed by atoms with Crippen LogP contribution < -0.4 is 5.32 Å². The topological polar surface area (TPSA) is 69.6 Å². The summed E-state index contributed by atoms with van der Waals surface area (Å²) in [5, 5.41) is 11.8.